The van der Waals surface area contributed by atoms with E-state index in [-0.39, 0.29) is 22.8 Å². The van der Waals surface area contributed by atoms with E-state index in [2.05, 4.69) is 10.0 Å². The molecule has 0 aliphatic heterocycles. The quantitative estimate of drug-likeness (QED) is 0.528. The molecule has 0 saturated carbocycles. The molecule has 0 spiro atoms. The summed E-state index contributed by atoms with van der Waals surface area (Å²) < 4.78 is 38.8. The zero-order valence-electron chi connectivity index (χ0n) is 16.9. The van der Waals surface area contributed by atoms with E-state index in [0.29, 0.717) is 16.5 Å². The zero-order chi connectivity index (χ0) is 22.4. The number of hydrogen-bond donors (Lipinski definition) is 2. The van der Waals surface area contributed by atoms with E-state index in [1.807, 2.05) is 30.3 Å². The van der Waals surface area contributed by atoms with Gasteiger partial charge in [-0.25, -0.2) is 13.1 Å². The fraction of sp³-hybridized carbons (Fsp3) is 0.136. The Morgan fingerprint density at radius 1 is 0.935 bits per heavy atom. The smallest absolute Gasteiger partial charge is 0.255 e. The number of anilines is 1. The zero-order valence-corrected chi connectivity index (χ0v) is 18.5. The van der Waals surface area contributed by atoms with Gasteiger partial charge in [0.1, 0.15) is 16.4 Å². The molecule has 0 fully saturated rings. The molecule has 0 bridgehead atoms. The maximum absolute atomic E-state index is 12.9. The molecule has 1 amide bonds. The topological polar surface area (TPSA) is 93.7 Å². The van der Waals surface area contributed by atoms with Gasteiger partial charge in [0, 0.05) is 17.1 Å². The lowest BCUT2D eigenvalue weighted by molar-refractivity contribution is 0.102. The average molecular weight is 461 g/mol. The molecule has 0 aromatic heterocycles. The summed E-state index contributed by atoms with van der Waals surface area (Å²) in [6.07, 6.45) is 0. The third-order valence-corrected chi connectivity index (χ3v) is 6.09. The van der Waals surface area contributed by atoms with Gasteiger partial charge in [-0.1, -0.05) is 41.9 Å². The van der Waals surface area contributed by atoms with Crippen molar-refractivity contribution in [3.63, 3.8) is 0 Å². The maximum atomic E-state index is 12.9. The first-order valence-corrected chi connectivity index (χ1v) is 11.1. The Morgan fingerprint density at radius 3 is 2.29 bits per heavy atom. The summed E-state index contributed by atoms with van der Waals surface area (Å²) in [5, 5.41) is 3.10. The minimum Gasteiger partial charge on any atom is -0.495 e. The minimum atomic E-state index is -3.95. The fourth-order valence-electron chi connectivity index (χ4n) is 2.85. The number of ether oxygens (including phenoxy) is 2. The van der Waals surface area contributed by atoms with Crippen LogP contribution in [0, 0.1) is 0 Å². The number of methoxy groups -OCH3 is 2. The minimum absolute atomic E-state index is 0.0997. The van der Waals surface area contributed by atoms with E-state index in [0.717, 1.165) is 5.56 Å². The van der Waals surface area contributed by atoms with Crippen molar-refractivity contribution in [2.75, 3.05) is 19.5 Å². The van der Waals surface area contributed by atoms with Crippen molar-refractivity contribution in [3.8, 4) is 11.5 Å². The number of nitrogens with one attached hydrogen (secondary N) is 2. The van der Waals surface area contributed by atoms with Gasteiger partial charge in [0.05, 0.1) is 19.9 Å². The average Bonchev–Trinajstić information content (AvgIpc) is 2.78. The van der Waals surface area contributed by atoms with E-state index >= 15 is 0 Å². The lowest BCUT2D eigenvalue weighted by atomic mass is 10.2. The molecule has 3 rings (SSSR count). The Balaban J connectivity index is 1.87. The van der Waals surface area contributed by atoms with Crippen LogP contribution < -0.4 is 19.5 Å². The van der Waals surface area contributed by atoms with Gasteiger partial charge in [-0.05, 0) is 42.0 Å². The molecule has 7 nitrogen and oxygen atoms in total. The number of carbonyl (C=O) groups is 1. The number of sulfonamides is 1. The first kappa shape index (κ1) is 22.6. The van der Waals surface area contributed by atoms with E-state index < -0.39 is 15.9 Å². The molecule has 31 heavy (non-hydrogen) atoms. The van der Waals surface area contributed by atoms with Crippen molar-refractivity contribution >= 4 is 33.2 Å². The standard InChI is InChI=1S/C22H21ClN2O5S/c1-29-19-11-9-17(23)13-18(19)25-22(26)16-8-10-20(30-2)21(12-16)31(27,28)24-14-15-6-4-3-5-7-15/h3-13,24H,14H2,1-2H3,(H,25,26). The SMILES string of the molecule is COc1ccc(Cl)cc1NC(=O)c1ccc(OC)c(S(=O)(=O)NCc2ccccc2)c1. The number of benzene rings is 3. The molecule has 3 aromatic carbocycles. The van der Waals surface area contributed by atoms with E-state index in [1.54, 1.807) is 18.2 Å². The Hall–Kier alpha value is -3.07. The molecule has 0 saturated heterocycles. The molecule has 0 radical (unpaired) electrons. The Morgan fingerprint density at radius 2 is 1.61 bits per heavy atom. The monoisotopic (exact) mass is 460 g/mol. The molecule has 0 aliphatic carbocycles. The third-order valence-electron chi connectivity index (χ3n) is 4.43. The number of halogens is 1. The highest BCUT2D eigenvalue weighted by molar-refractivity contribution is 7.89. The van der Waals surface area contributed by atoms with E-state index in [9.17, 15) is 13.2 Å². The maximum Gasteiger partial charge on any atom is 0.255 e. The van der Waals surface area contributed by atoms with Crippen molar-refractivity contribution < 1.29 is 22.7 Å². The van der Waals surface area contributed by atoms with Crippen LogP contribution in [0.4, 0.5) is 5.69 Å². The molecule has 3 aromatic rings. The molecule has 162 valence electrons. The summed E-state index contributed by atoms with van der Waals surface area (Å²) in [6, 6.07) is 18.1. The predicted octanol–water partition coefficient (Wildman–Crippen LogP) is 4.09. The van der Waals surface area contributed by atoms with Crippen molar-refractivity contribution in [1.82, 2.24) is 4.72 Å². The fourth-order valence-corrected chi connectivity index (χ4v) is 4.23. The van der Waals surface area contributed by atoms with Gasteiger partial charge in [-0.2, -0.15) is 0 Å². The van der Waals surface area contributed by atoms with Crippen LogP contribution in [0.1, 0.15) is 15.9 Å². The number of rotatable bonds is 8. The molecular formula is C22H21ClN2O5S. The van der Waals surface area contributed by atoms with Crippen LogP contribution in [0.2, 0.25) is 5.02 Å². The molecule has 0 atom stereocenters. The lowest BCUT2D eigenvalue weighted by Crippen LogP contribution is -2.24. The van der Waals surface area contributed by atoms with Crippen LogP contribution in [0.5, 0.6) is 11.5 Å². The highest BCUT2D eigenvalue weighted by atomic mass is 35.5. The van der Waals surface area contributed by atoms with Crippen LogP contribution in [0.3, 0.4) is 0 Å². The van der Waals surface area contributed by atoms with Crippen LogP contribution in [0.15, 0.2) is 71.6 Å². The van der Waals surface area contributed by atoms with Crippen molar-refractivity contribution in [2.24, 2.45) is 0 Å². The Bertz CT molecular complexity index is 1180. The second-order valence-corrected chi connectivity index (χ2v) is 8.65. The van der Waals surface area contributed by atoms with Crippen molar-refractivity contribution in [3.05, 3.63) is 82.9 Å². The summed E-state index contributed by atoms with van der Waals surface area (Å²) >= 11 is 6.00. The largest absolute Gasteiger partial charge is 0.495 e. The van der Waals surface area contributed by atoms with Crippen molar-refractivity contribution in [1.29, 1.82) is 0 Å². The molecule has 2 N–H and O–H groups in total. The van der Waals surface area contributed by atoms with Crippen molar-refractivity contribution in [2.45, 2.75) is 11.4 Å². The van der Waals surface area contributed by atoms with Gasteiger partial charge in [-0.15, -0.1) is 0 Å². The molecule has 0 unspecified atom stereocenters. The molecular weight excluding hydrogens is 440 g/mol. The summed E-state index contributed by atoms with van der Waals surface area (Å²) in [6.45, 7) is 0.0997. The van der Waals surface area contributed by atoms with Crippen LogP contribution >= 0.6 is 11.6 Å². The van der Waals surface area contributed by atoms with Crippen LogP contribution in [0.25, 0.3) is 0 Å². The normalized spacial score (nSPS) is 11.1. The van der Waals surface area contributed by atoms with Gasteiger partial charge in [0.2, 0.25) is 10.0 Å². The Kier molecular flexibility index (Phi) is 7.17. The van der Waals surface area contributed by atoms with Gasteiger partial charge < -0.3 is 14.8 Å². The predicted molar refractivity (Wildman–Crippen MR) is 119 cm³/mol. The second-order valence-electron chi connectivity index (χ2n) is 6.47. The number of carbonyl (C=O) groups excluding carboxylic acids is 1. The van der Waals surface area contributed by atoms with Gasteiger partial charge >= 0.3 is 0 Å². The van der Waals surface area contributed by atoms with Gasteiger partial charge in [0.25, 0.3) is 5.91 Å². The number of hydrogen-bond acceptors (Lipinski definition) is 5. The Labute approximate surface area is 186 Å². The third kappa shape index (κ3) is 5.55. The molecule has 0 heterocycles. The second kappa shape index (κ2) is 9.82. The highest BCUT2D eigenvalue weighted by Gasteiger charge is 2.22. The number of amides is 1. The summed E-state index contributed by atoms with van der Waals surface area (Å²) in [4.78, 5) is 12.6. The first-order chi connectivity index (χ1) is 14.8. The molecule has 9 heteroatoms. The first-order valence-electron chi connectivity index (χ1n) is 9.20. The lowest BCUT2D eigenvalue weighted by Gasteiger charge is -2.14. The summed E-state index contributed by atoms with van der Waals surface area (Å²) in [5.41, 5.74) is 1.29. The van der Waals surface area contributed by atoms with Crippen LogP contribution in [-0.4, -0.2) is 28.5 Å². The summed E-state index contributed by atoms with van der Waals surface area (Å²) in [5.74, 6) is 0.0174. The van der Waals surface area contributed by atoms with E-state index in [1.165, 1.54) is 32.4 Å². The van der Waals surface area contributed by atoms with Gasteiger partial charge in [-0.3, -0.25) is 4.79 Å². The van der Waals surface area contributed by atoms with E-state index in [4.69, 9.17) is 21.1 Å². The summed E-state index contributed by atoms with van der Waals surface area (Å²) in [7, 11) is -1.12. The highest BCUT2D eigenvalue weighted by Crippen LogP contribution is 2.29. The van der Waals surface area contributed by atoms with Gasteiger partial charge in [0.15, 0.2) is 0 Å². The molecule has 0 aliphatic rings. The van der Waals surface area contributed by atoms with Crippen LogP contribution in [-0.2, 0) is 16.6 Å².